The smallest absolute Gasteiger partial charge is 0.252 e. The first-order chi connectivity index (χ1) is 10.5. The number of benzene rings is 1. The summed E-state index contributed by atoms with van der Waals surface area (Å²) in [5.41, 5.74) is -0.860. The Kier molecular flexibility index (Phi) is 4.17. The number of carbonyl (C=O) groups excluding carboxylic acids is 1. The Balaban J connectivity index is 1.74. The fourth-order valence-electron chi connectivity index (χ4n) is 2.50. The molecule has 1 atom stereocenters. The maximum atomic E-state index is 12.3. The van der Waals surface area contributed by atoms with E-state index in [2.05, 4.69) is 5.32 Å². The number of aliphatic hydroxyl groups is 1. The Labute approximate surface area is 138 Å². The molecule has 2 N–H and O–H groups in total. The molecule has 1 aliphatic rings. The van der Waals surface area contributed by atoms with Crippen molar-refractivity contribution in [2.75, 3.05) is 6.54 Å². The Morgan fingerprint density at radius 1 is 1.36 bits per heavy atom. The van der Waals surface area contributed by atoms with Crippen LogP contribution in [-0.4, -0.2) is 17.6 Å². The second-order valence-electron chi connectivity index (χ2n) is 5.48. The zero-order valence-corrected chi connectivity index (χ0v) is 13.2. The second kappa shape index (κ2) is 5.95. The normalized spacial score (nSPS) is 17.0. The maximum absolute atomic E-state index is 12.3. The lowest BCUT2D eigenvalue weighted by molar-refractivity contribution is -0.00610. The molecule has 6 heteroatoms. The number of hydrogen-bond acceptors (Lipinski definition) is 3. The molecule has 1 saturated carbocycles. The number of halogens is 2. The van der Waals surface area contributed by atoms with Crippen molar-refractivity contribution in [3.8, 4) is 0 Å². The molecule has 22 heavy (non-hydrogen) atoms. The number of furan rings is 1. The summed E-state index contributed by atoms with van der Waals surface area (Å²) < 4.78 is 5.33. The number of rotatable bonds is 5. The number of hydrogen-bond donors (Lipinski definition) is 2. The minimum Gasteiger partial charge on any atom is -0.466 e. The molecular formula is C16H15Cl2NO3. The van der Waals surface area contributed by atoms with Crippen LogP contribution in [0.15, 0.2) is 41.0 Å². The van der Waals surface area contributed by atoms with Crippen LogP contribution in [0.5, 0.6) is 0 Å². The van der Waals surface area contributed by atoms with Gasteiger partial charge in [-0.05, 0) is 49.1 Å². The number of nitrogens with one attached hydrogen (secondary N) is 1. The molecule has 1 aromatic carbocycles. The van der Waals surface area contributed by atoms with Gasteiger partial charge in [0, 0.05) is 5.02 Å². The summed E-state index contributed by atoms with van der Waals surface area (Å²) in [5, 5.41) is 14.3. The molecule has 4 nitrogen and oxygen atoms in total. The molecule has 0 aliphatic heterocycles. The van der Waals surface area contributed by atoms with Crippen molar-refractivity contribution in [3.63, 3.8) is 0 Å². The maximum Gasteiger partial charge on any atom is 0.252 e. The molecule has 0 bridgehead atoms. The van der Waals surface area contributed by atoms with Gasteiger partial charge in [-0.15, -0.1) is 0 Å². The Bertz CT molecular complexity index is 683. The Hall–Kier alpha value is -1.49. The van der Waals surface area contributed by atoms with E-state index in [0.29, 0.717) is 16.3 Å². The Morgan fingerprint density at radius 2 is 2.14 bits per heavy atom. The van der Waals surface area contributed by atoms with Crippen molar-refractivity contribution in [1.29, 1.82) is 0 Å². The third kappa shape index (κ3) is 3.00. The topological polar surface area (TPSA) is 62.5 Å². The summed E-state index contributed by atoms with van der Waals surface area (Å²) in [6.45, 7) is 0.0724. The highest BCUT2D eigenvalue weighted by Gasteiger charge is 2.47. The van der Waals surface area contributed by atoms with E-state index < -0.39 is 5.60 Å². The minimum absolute atomic E-state index is 0.0724. The zero-order valence-electron chi connectivity index (χ0n) is 11.7. The number of amides is 1. The molecule has 0 radical (unpaired) electrons. The van der Waals surface area contributed by atoms with E-state index in [1.807, 2.05) is 0 Å². The lowest BCUT2D eigenvalue weighted by Crippen LogP contribution is -2.42. The van der Waals surface area contributed by atoms with Crippen LogP contribution in [0, 0.1) is 5.92 Å². The molecule has 0 spiro atoms. The van der Waals surface area contributed by atoms with E-state index in [1.165, 1.54) is 12.3 Å². The predicted molar refractivity (Wildman–Crippen MR) is 84.1 cm³/mol. The van der Waals surface area contributed by atoms with Crippen LogP contribution in [0.4, 0.5) is 0 Å². The standard InChI is InChI=1S/C16H15Cl2NO3/c17-11-5-6-12(13(18)8-11)15(20)19-9-16(21,10-3-4-10)14-2-1-7-22-14/h1-2,5-8,10,21H,3-4,9H2,(H,19,20). The van der Waals surface area contributed by atoms with Gasteiger partial charge < -0.3 is 14.8 Å². The average molecular weight is 340 g/mol. The zero-order chi connectivity index (χ0) is 15.7. The first-order valence-electron chi connectivity index (χ1n) is 7.00. The molecule has 1 amide bonds. The molecule has 0 saturated heterocycles. The summed E-state index contributed by atoms with van der Waals surface area (Å²) in [6.07, 6.45) is 3.34. The van der Waals surface area contributed by atoms with Crippen molar-refractivity contribution < 1.29 is 14.3 Å². The lowest BCUT2D eigenvalue weighted by atomic mass is 9.94. The molecule has 116 valence electrons. The van der Waals surface area contributed by atoms with Gasteiger partial charge in [0.1, 0.15) is 11.4 Å². The van der Waals surface area contributed by atoms with Gasteiger partial charge in [-0.3, -0.25) is 4.79 Å². The van der Waals surface area contributed by atoms with Crippen molar-refractivity contribution in [1.82, 2.24) is 5.32 Å². The molecule has 2 aromatic rings. The molecule has 1 fully saturated rings. The van der Waals surface area contributed by atoms with Crippen molar-refractivity contribution in [3.05, 3.63) is 58.0 Å². The van der Waals surface area contributed by atoms with Crippen molar-refractivity contribution >= 4 is 29.1 Å². The fraction of sp³-hybridized carbons (Fsp3) is 0.312. The third-order valence-electron chi connectivity index (χ3n) is 3.89. The van der Waals surface area contributed by atoms with E-state index in [-0.39, 0.29) is 23.4 Å². The van der Waals surface area contributed by atoms with Crippen LogP contribution in [0.25, 0.3) is 0 Å². The Morgan fingerprint density at radius 3 is 2.73 bits per heavy atom. The van der Waals surface area contributed by atoms with Gasteiger partial charge in [0.2, 0.25) is 0 Å². The molecule has 3 rings (SSSR count). The van der Waals surface area contributed by atoms with E-state index in [4.69, 9.17) is 27.6 Å². The lowest BCUT2D eigenvalue weighted by Gasteiger charge is -2.26. The number of carbonyl (C=O) groups is 1. The molecule has 1 aromatic heterocycles. The van der Waals surface area contributed by atoms with E-state index in [1.54, 1.807) is 24.3 Å². The SMILES string of the molecule is O=C(NCC(O)(c1ccco1)C1CC1)c1ccc(Cl)cc1Cl. The van der Waals surface area contributed by atoms with Crippen LogP contribution < -0.4 is 5.32 Å². The van der Waals surface area contributed by atoms with Crippen LogP contribution in [-0.2, 0) is 5.60 Å². The third-order valence-corrected chi connectivity index (χ3v) is 4.44. The first-order valence-corrected chi connectivity index (χ1v) is 7.76. The monoisotopic (exact) mass is 339 g/mol. The molecule has 1 aliphatic carbocycles. The van der Waals surface area contributed by atoms with Crippen LogP contribution in [0.2, 0.25) is 10.0 Å². The summed E-state index contributed by atoms with van der Waals surface area (Å²) in [4.78, 5) is 12.3. The van der Waals surface area contributed by atoms with E-state index in [9.17, 15) is 9.90 Å². The van der Waals surface area contributed by atoms with Gasteiger partial charge in [-0.1, -0.05) is 23.2 Å². The van der Waals surface area contributed by atoms with Crippen LogP contribution in [0.1, 0.15) is 29.0 Å². The minimum atomic E-state index is -1.18. The summed E-state index contributed by atoms with van der Waals surface area (Å²) >= 11 is 11.8. The van der Waals surface area contributed by atoms with Gasteiger partial charge in [0.25, 0.3) is 5.91 Å². The van der Waals surface area contributed by atoms with Gasteiger partial charge in [-0.25, -0.2) is 0 Å². The molecular weight excluding hydrogens is 325 g/mol. The summed E-state index contributed by atoms with van der Waals surface area (Å²) in [5.74, 6) is 0.212. The quantitative estimate of drug-likeness (QED) is 0.874. The summed E-state index contributed by atoms with van der Waals surface area (Å²) in [6, 6.07) is 8.11. The molecule has 1 unspecified atom stereocenters. The van der Waals surface area contributed by atoms with Crippen LogP contribution >= 0.6 is 23.2 Å². The van der Waals surface area contributed by atoms with Crippen molar-refractivity contribution in [2.45, 2.75) is 18.4 Å². The van der Waals surface area contributed by atoms with Crippen LogP contribution in [0.3, 0.4) is 0 Å². The van der Waals surface area contributed by atoms with E-state index >= 15 is 0 Å². The highest BCUT2D eigenvalue weighted by Crippen LogP contribution is 2.45. The molecule has 1 heterocycles. The largest absolute Gasteiger partial charge is 0.466 e. The highest BCUT2D eigenvalue weighted by molar-refractivity contribution is 6.36. The average Bonchev–Trinajstić information content (AvgIpc) is 3.20. The van der Waals surface area contributed by atoms with Crippen molar-refractivity contribution in [2.24, 2.45) is 5.92 Å². The first kappa shape index (κ1) is 15.4. The fourth-order valence-corrected chi connectivity index (χ4v) is 3.00. The second-order valence-corrected chi connectivity index (χ2v) is 6.33. The summed E-state index contributed by atoms with van der Waals surface area (Å²) in [7, 11) is 0. The van der Waals surface area contributed by atoms with Gasteiger partial charge in [0.05, 0.1) is 23.4 Å². The van der Waals surface area contributed by atoms with Gasteiger partial charge >= 0.3 is 0 Å². The van der Waals surface area contributed by atoms with Gasteiger partial charge in [-0.2, -0.15) is 0 Å². The predicted octanol–water partition coefficient (Wildman–Crippen LogP) is 3.61. The highest BCUT2D eigenvalue weighted by atomic mass is 35.5. The van der Waals surface area contributed by atoms with E-state index in [0.717, 1.165) is 12.8 Å². The van der Waals surface area contributed by atoms with Gasteiger partial charge in [0.15, 0.2) is 0 Å².